The van der Waals surface area contributed by atoms with Crippen LogP contribution in [0.15, 0.2) is 32.7 Å². The molecule has 9 heteroatoms. The number of aryl methyl sites for hydroxylation is 2. The molecule has 1 atom stereocenters. The summed E-state index contributed by atoms with van der Waals surface area (Å²) in [5.41, 5.74) is -0.539. The van der Waals surface area contributed by atoms with Crippen molar-refractivity contribution in [3.63, 3.8) is 0 Å². The molecule has 0 saturated heterocycles. The monoisotopic (exact) mass is 461 g/mol. The van der Waals surface area contributed by atoms with E-state index in [1.54, 1.807) is 6.07 Å². The fraction of sp³-hybridized carbons (Fsp3) is 0.652. The van der Waals surface area contributed by atoms with Gasteiger partial charge in [-0.15, -0.1) is 0 Å². The zero-order valence-electron chi connectivity index (χ0n) is 18.8. The number of hydrogen-bond donors (Lipinski definition) is 1. The van der Waals surface area contributed by atoms with E-state index in [4.69, 9.17) is 4.74 Å². The predicted molar refractivity (Wildman–Crippen MR) is 121 cm³/mol. The van der Waals surface area contributed by atoms with Gasteiger partial charge in [0.1, 0.15) is 0 Å². The highest BCUT2D eigenvalue weighted by Gasteiger charge is 2.52. The molecule has 4 aliphatic rings. The largest absolute Gasteiger partial charge is 0.371 e. The third-order valence-electron chi connectivity index (χ3n) is 7.77. The molecule has 4 saturated carbocycles. The van der Waals surface area contributed by atoms with E-state index in [1.165, 1.54) is 54.6 Å². The molecular formula is C23H31N3O5S. The molecule has 8 nitrogen and oxygen atoms in total. The van der Waals surface area contributed by atoms with E-state index in [0.29, 0.717) is 11.0 Å². The van der Waals surface area contributed by atoms with Crippen LogP contribution in [0.2, 0.25) is 0 Å². The van der Waals surface area contributed by atoms with E-state index in [2.05, 4.69) is 4.72 Å². The quantitative estimate of drug-likeness (QED) is 0.663. The second kappa shape index (κ2) is 7.53. The van der Waals surface area contributed by atoms with Crippen molar-refractivity contribution in [3.8, 4) is 0 Å². The second-order valence-electron chi connectivity index (χ2n) is 10.3. The van der Waals surface area contributed by atoms with Gasteiger partial charge in [-0.3, -0.25) is 9.59 Å². The van der Waals surface area contributed by atoms with Crippen LogP contribution in [0.4, 0.5) is 0 Å². The SMILES string of the molecule is CC(CNS(=O)(=O)c1ccc2c(c1)n(C)c(=O)c(=O)n2C)OC12CC3CC(CC(C3)C1)C2. The van der Waals surface area contributed by atoms with Crippen LogP contribution in [0, 0.1) is 17.8 Å². The van der Waals surface area contributed by atoms with Crippen LogP contribution in [0.3, 0.4) is 0 Å². The summed E-state index contributed by atoms with van der Waals surface area (Å²) in [7, 11) is -0.827. The standard InChI is InChI=1S/C23H31N3O5S/c1-14(31-23-10-15-6-16(11-23)8-17(7-15)12-23)13-24-32(29,30)18-4-5-19-20(9-18)26(3)22(28)21(27)25(19)2/h4-5,9,14-17,24H,6-8,10-13H2,1-3H3. The first-order valence-corrected chi connectivity index (χ1v) is 12.9. The molecule has 0 spiro atoms. The third-order valence-corrected chi connectivity index (χ3v) is 9.19. The van der Waals surface area contributed by atoms with E-state index >= 15 is 0 Å². The predicted octanol–water partition coefficient (Wildman–Crippen LogP) is 1.89. The van der Waals surface area contributed by atoms with Crippen molar-refractivity contribution < 1.29 is 13.2 Å². The van der Waals surface area contributed by atoms with Gasteiger partial charge >= 0.3 is 11.1 Å². The number of benzene rings is 1. The van der Waals surface area contributed by atoms with Gasteiger partial charge in [0.05, 0.1) is 27.6 Å². The van der Waals surface area contributed by atoms with Gasteiger partial charge in [-0.05, 0) is 81.4 Å². The van der Waals surface area contributed by atoms with Crippen LogP contribution in [-0.4, -0.2) is 35.8 Å². The highest BCUT2D eigenvalue weighted by Crippen LogP contribution is 2.57. The highest BCUT2D eigenvalue weighted by molar-refractivity contribution is 7.89. The van der Waals surface area contributed by atoms with Crippen LogP contribution in [0.1, 0.15) is 45.4 Å². The van der Waals surface area contributed by atoms with Crippen molar-refractivity contribution in [2.75, 3.05) is 6.54 Å². The maximum absolute atomic E-state index is 13.0. The number of ether oxygens (including phenoxy) is 1. The molecule has 0 radical (unpaired) electrons. The Balaban J connectivity index is 1.32. The Labute approximate surface area is 187 Å². The maximum atomic E-state index is 13.0. The average molecular weight is 462 g/mol. The summed E-state index contributed by atoms with van der Waals surface area (Å²) >= 11 is 0. The maximum Gasteiger partial charge on any atom is 0.316 e. The molecule has 0 aliphatic heterocycles. The minimum absolute atomic E-state index is 0.0562. The lowest BCUT2D eigenvalue weighted by atomic mass is 9.54. The van der Waals surface area contributed by atoms with Gasteiger partial charge in [-0.1, -0.05) is 0 Å². The number of fused-ring (bicyclic) bond motifs is 1. The molecule has 4 fully saturated rings. The number of nitrogens with zero attached hydrogens (tertiary/aromatic N) is 2. The molecule has 0 amide bonds. The van der Waals surface area contributed by atoms with Gasteiger partial charge in [0.15, 0.2) is 0 Å². The van der Waals surface area contributed by atoms with Crippen molar-refractivity contribution in [3.05, 3.63) is 38.9 Å². The Hall–Kier alpha value is -1.97. The van der Waals surface area contributed by atoms with Crippen LogP contribution in [0.5, 0.6) is 0 Å². The molecule has 6 rings (SSSR count). The molecule has 32 heavy (non-hydrogen) atoms. The first-order valence-electron chi connectivity index (χ1n) is 11.4. The molecule has 1 aromatic carbocycles. The normalized spacial score (nSPS) is 30.2. The van der Waals surface area contributed by atoms with E-state index in [0.717, 1.165) is 37.0 Å². The number of rotatable bonds is 6. The van der Waals surface area contributed by atoms with Gasteiger partial charge < -0.3 is 13.9 Å². The number of nitrogens with one attached hydrogen (secondary N) is 1. The van der Waals surface area contributed by atoms with E-state index < -0.39 is 21.1 Å². The number of hydrogen-bond acceptors (Lipinski definition) is 5. The smallest absolute Gasteiger partial charge is 0.316 e. The van der Waals surface area contributed by atoms with E-state index in [1.807, 2.05) is 6.92 Å². The van der Waals surface area contributed by atoms with Crippen LogP contribution in [0.25, 0.3) is 11.0 Å². The molecule has 4 bridgehead atoms. The zero-order chi connectivity index (χ0) is 22.8. The molecule has 1 heterocycles. The Morgan fingerprint density at radius 3 is 2.09 bits per heavy atom. The molecule has 2 aromatic rings. The Morgan fingerprint density at radius 2 is 1.53 bits per heavy atom. The second-order valence-corrected chi connectivity index (χ2v) is 12.0. The Kier molecular flexibility index (Phi) is 5.14. The fourth-order valence-electron chi connectivity index (χ4n) is 6.68. The van der Waals surface area contributed by atoms with Crippen LogP contribution < -0.4 is 15.8 Å². The topological polar surface area (TPSA) is 99.4 Å². The van der Waals surface area contributed by atoms with E-state index in [9.17, 15) is 18.0 Å². The van der Waals surface area contributed by atoms with Gasteiger partial charge in [0.2, 0.25) is 10.0 Å². The van der Waals surface area contributed by atoms with Gasteiger partial charge in [0.25, 0.3) is 0 Å². The van der Waals surface area contributed by atoms with Gasteiger partial charge in [0, 0.05) is 20.6 Å². The lowest BCUT2D eigenvalue weighted by Gasteiger charge is -2.57. The molecular weight excluding hydrogens is 430 g/mol. The minimum atomic E-state index is -3.80. The molecule has 1 aromatic heterocycles. The summed E-state index contributed by atoms with van der Waals surface area (Å²) < 4.78 is 37.5. The molecule has 1 N–H and O–H groups in total. The summed E-state index contributed by atoms with van der Waals surface area (Å²) in [5, 5.41) is 0. The van der Waals surface area contributed by atoms with Crippen molar-refractivity contribution >= 4 is 21.1 Å². The van der Waals surface area contributed by atoms with Crippen molar-refractivity contribution in [1.29, 1.82) is 0 Å². The average Bonchev–Trinajstić information content (AvgIpc) is 2.73. The highest BCUT2D eigenvalue weighted by atomic mass is 32.2. The number of aromatic nitrogens is 2. The fourth-order valence-corrected chi connectivity index (χ4v) is 7.82. The summed E-state index contributed by atoms with van der Waals surface area (Å²) in [6.45, 7) is 2.12. The first kappa shape index (κ1) is 21.9. The molecule has 4 aliphatic carbocycles. The minimum Gasteiger partial charge on any atom is -0.371 e. The lowest BCUT2D eigenvalue weighted by Crippen LogP contribution is -2.53. The lowest BCUT2D eigenvalue weighted by molar-refractivity contribution is -0.182. The van der Waals surface area contributed by atoms with Gasteiger partial charge in [-0.2, -0.15) is 0 Å². The van der Waals surface area contributed by atoms with Crippen LogP contribution >= 0.6 is 0 Å². The summed E-state index contributed by atoms with van der Waals surface area (Å²) in [5.74, 6) is 2.31. The molecule has 174 valence electrons. The van der Waals surface area contributed by atoms with Crippen molar-refractivity contribution in [2.24, 2.45) is 31.8 Å². The van der Waals surface area contributed by atoms with Crippen molar-refractivity contribution in [2.45, 2.75) is 62.0 Å². The molecule has 1 unspecified atom stereocenters. The van der Waals surface area contributed by atoms with E-state index in [-0.39, 0.29) is 23.1 Å². The Bertz CT molecular complexity index is 1260. The van der Waals surface area contributed by atoms with Gasteiger partial charge in [-0.25, -0.2) is 13.1 Å². The van der Waals surface area contributed by atoms with Crippen molar-refractivity contribution in [1.82, 2.24) is 13.9 Å². The van der Waals surface area contributed by atoms with Crippen LogP contribution in [-0.2, 0) is 28.9 Å². The zero-order valence-corrected chi connectivity index (χ0v) is 19.7. The summed E-state index contributed by atoms with van der Waals surface area (Å²) in [4.78, 5) is 24.2. The summed E-state index contributed by atoms with van der Waals surface area (Å²) in [6, 6.07) is 4.45. The Morgan fingerprint density at radius 1 is 1.00 bits per heavy atom. The third kappa shape index (κ3) is 3.64. The first-order chi connectivity index (χ1) is 15.1. The number of sulfonamides is 1. The summed E-state index contributed by atoms with van der Waals surface area (Å²) in [6.07, 6.45) is 7.08.